The fourth-order valence-electron chi connectivity index (χ4n) is 4.27. The Morgan fingerprint density at radius 2 is 1.88 bits per heavy atom. The summed E-state index contributed by atoms with van der Waals surface area (Å²) in [5.41, 5.74) is 8.10. The Kier molecular flexibility index (Phi) is 5.82. The molecule has 2 aliphatic rings. The summed E-state index contributed by atoms with van der Waals surface area (Å²) in [5, 5.41) is 0. The van der Waals surface area contributed by atoms with Gasteiger partial charge in [0.25, 0.3) is 0 Å². The molecule has 7 nitrogen and oxygen atoms in total. The summed E-state index contributed by atoms with van der Waals surface area (Å²) in [4.78, 5) is 23.5. The highest BCUT2D eigenvalue weighted by Gasteiger charge is 2.57. The predicted octanol–water partition coefficient (Wildman–Crippen LogP) is 3.74. The van der Waals surface area contributed by atoms with Gasteiger partial charge in [0, 0.05) is 36.3 Å². The molecule has 0 saturated heterocycles. The van der Waals surface area contributed by atoms with Crippen LogP contribution in [-0.4, -0.2) is 37.9 Å². The lowest BCUT2D eigenvalue weighted by atomic mass is 9.85. The number of halogens is 2. The number of anilines is 1. The van der Waals surface area contributed by atoms with E-state index in [1.54, 1.807) is 19.3 Å². The first-order valence-corrected chi connectivity index (χ1v) is 10.7. The minimum absolute atomic E-state index is 0.0307. The van der Waals surface area contributed by atoms with Gasteiger partial charge in [-0.05, 0) is 43.9 Å². The number of benzene rings is 1. The maximum atomic E-state index is 15.2. The quantitative estimate of drug-likeness (QED) is 0.669. The number of aliphatic imine (C=N–C) groups is 1. The van der Waals surface area contributed by atoms with Crippen molar-refractivity contribution in [2.24, 2.45) is 10.7 Å². The molecule has 1 amide bonds. The van der Waals surface area contributed by atoms with E-state index in [2.05, 4.69) is 9.98 Å². The van der Waals surface area contributed by atoms with Crippen LogP contribution in [-0.2, 0) is 16.8 Å². The number of carbonyl (C=O) groups excluding carboxylic acids is 1. The second-order valence-electron chi connectivity index (χ2n) is 8.18. The molecule has 9 heteroatoms. The van der Waals surface area contributed by atoms with E-state index < -0.39 is 22.7 Å². The molecule has 1 fully saturated rings. The molecule has 33 heavy (non-hydrogen) atoms. The van der Waals surface area contributed by atoms with Crippen molar-refractivity contribution >= 4 is 23.4 Å². The molecular formula is C24H26F2N4O3. The van der Waals surface area contributed by atoms with Crippen molar-refractivity contribution in [3.05, 3.63) is 52.5 Å². The summed E-state index contributed by atoms with van der Waals surface area (Å²) in [6.45, 7) is 4.25. The molecule has 1 saturated carbocycles. The van der Waals surface area contributed by atoms with Crippen LogP contribution in [0.25, 0.3) is 5.57 Å². The van der Waals surface area contributed by atoms with Crippen molar-refractivity contribution in [3.8, 4) is 11.5 Å². The zero-order valence-corrected chi connectivity index (χ0v) is 19.0. The molecule has 2 aromatic rings. The third kappa shape index (κ3) is 3.61. The van der Waals surface area contributed by atoms with Crippen LogP contribution in [0.5, 0.6) is 11.5 Å². The first-order valence-electron chi connectivity index (χ1n) is 10.7. The Morgan fingerprint density at radius 3 is 2.39 bits per heavy atom. The summed E-state index contributed by atoms with van der Waals surface area (Å²) in [6.07, 6.45) is 4.47. The number of rotatable bonds is 6. The summed E-state index contributed by atoms with van der Waals surface area (Å²) >= 11 is 0. The van der Waals surface area contributed by atoms with E-state index in [9.17, 15) is 4.79 Å². The molecule has 2 heterocycles. The van der Waals surface area contributed by atoms with Crippen LogP contribution in [0.15, 0.2) is 29.0 Å². The Morgan fingerprint density at radius 1 is 1.24 bits per heavy atom. The summed E-state index contributed by atoms with van der Waals surface area (Å²) in [5.74, 6) is -2.68. The van der Waals surface area contributed by atoms with E-state index in [0.717, 1.165) is 22.1 Å². The van der Waals surface area contributed by atoms with E-state index in [4.69, 9.17) is 15.2 Å². The van der Waals surface area contributed by atoms with Gasteiger partial charge in [0.15, 0.2) is 23.1 Å². The zero-order valence-electron chi connectivity index (χ0n) is 19.0. The number of allylic oxidation sites excluding steroid dienone is 2. The number of nitrogens with two attached hydrogens (primary N) is 1. The van der Waals surface area contributed by atoms with Crippen LogP contribution >= 0.6 is 0 Å². The number of aromatic nitrogens is 1. The number of carbonyl (C=O) groups is 1. The SMILES string of the molecule is CCN=CC(=C(C)N)c1cc2c(cn1)CN(c1c(F)c(OC)cc(OC)c1F)C(=O)C21CC1. The highest BCUT2D eigenvalue weighted by Crippen LogP contribution is 2.55. The first-order chi connectivity index (χ1) is 15.8. The highest BCUT2D eigenvalue weighted by molar-refractivity contribution is 6.10. The third-order valence-corrected chi connectivity index (χ3v) is 6.16. The number of ether oxygens (including phenoxy) is 2. The summed E-state index contributed by atoms with van der Waals surface area (Å²) in [7, 11) is 2.54. The smallest absolute Gasteiger partial charge is 0.238 e. The Hall–Kier alpha value is -3.49. The molecular weight excluding hydrogens is 430 g/mol. The van der Waals surface area contributed by atoms with Crippen molar-refractivity contribution < 1.29 is 23.0 Å². The number of fused-ring (bicyclic) bond motifs is 2. The first kappa shape index (κ1) is 22.7. The van der Waals surface area contributed by atoms with Crippen molar-refractivity contribution in [3.63, 3.8) is 0 Å². The van der Waals surface area contributed by atoms with Gasteiger partial charge in [-0.25, -0.2) is 8.78 Å². The van der Waals surface area contributed by atoms with Crippen LogP contribution in [0.2, 0.25) is 0 Å². The van der Waals surface area contributed by atoms with E-state index >= 15 is 8.78 Å². The maximum absolute atomic E-state index is 15.2. The number of pyridine rings is 1. The summed E-state index contributed by atoms with van der Waals surface area (Å²) < 4.78 is 40.4. The fraction of sp³-hybridized carbons (Fsp3) is 0.375. The van der Waals surface area contributed by atoms with Gasteiger partial charge >= 0.3 is 0 Å². The van der Waals surface area contributed by atoms with Crippen LogP contribution < -0.4 is 20.1 Å². The normalized spacial score (nSPS) is 17.3. The fourth-order valence-corrected chi connectivity index (χ4v) is 4.27. The second kappa shape index (κ2) is 8.46. The Bertz CT molecular complexity index is 1160. The average Bonchev–Trinajstić information content (AvgIpc) is 3.59. The monoisotopic (exact) mass is 456 g/mol. The lowest BCUT2D eigenvalue weighted by Gasteiger charge is -2.35. The average molecular weight is 456 g/mol. The maximum Gasteiger partial charge on any atom is 0.238 e. The third-order valence-electron chi connectivity index (χ3n) is 6.16. The van der Waals surface area contributed by atoms with Crippen LogP contribution in [0, 0.1) is 11.6 Å². The number of nitrogens with zero attached hydrogens (tertiary/aromatic N) is 3. The second-order valence-corrected chi connectivity index (χ2v) is 8.18. The standard InChI is InChI=1S/C24H26F2N4O3/c1-5-28-11-15(13(2)27)17-8-16-14(10-29-17)12-30(23(31)24(16)6-7-24)22-20(25)18(32-3)9-19(33-4)21(22)26/h8-11H,5-7,12,27H2,1-4H3. The minimum atomic E-state index is -0.951. The molecule has 1 aromatic heterocycles. The zero-order chi connectivity index (χ0) is 23.9. The van der Waals surface area contributed by atoms with Crippen molar-refractivity contribution in [1.29, 1.82) is 0 Å². The number of methoxy groups -OCH3 is 2. The van der Waals surface area contributed by atoms with Gasteiger partial charge in [0.2, 0.25) is 5.91 Å². The van der Waals surface area contributed by atoms with Crippen molar-refractivity contribution in [1.82, 2.24) is 4.98 Å². The lowest BCUT2D eigenvalue weighted by molar-refractivity contribution is -0.121. The summed E-state index contributed by atoms with van der Waals surface area (Å²) in [6, 6.07) is 2.97. The highest BCUT2D eigenvalue weighted by atomic mass is 19.1. The number of amides is 1. The van der Waals surface area contributed by atoms with Crippen LogP contribution in [0.1, 0.15) is 43.5 Å². The molecule has 1 aliphatic heterocycles. The predicted molar refractivity (Wildman–Crippen MR) is 122 cm³/mol. The lowest BCUT2D eigenvalue weighted by Crippen LogP contribution is -2.45. The van der Waals surface area contributed by atoms with E-state index in [0.29, 0.717) is 36.4 Å². The minimum Gasteiger partial charge on any atom is -0.493 e. The van der Waals surface area contributed by atoms with Crippen LogP contribution in [0.3, 0.4) is 0 Å². The van der Waals surface area contributed by atoms with Gasteiger partial charge in [-0.3, -0.25) is 14.8 Å². The molecule has 0 bridgehead atoms. The Labute approximate surface area is 190 Å². The van der Waals surface area contributed by atoms with Gasteiger partial charge in [-0.1, -0.05) is 0 Å². The van der Waals surface area contributed by atoms with Gasteiger partial charge in [-0.15, -0.1) is 0 Å². The van der Waals surface area contributed by atoms with Crippen molar-refractivity contribution in [2.45, 2.75) is 38.6 Å². The molecule has 1 spiro atoms. The van der Waals surface area contributed by atoms with Gasteiger partial charge in [0.05, 0.1) is 31.9 Å². The molecule has 174 valence electrons. The molecule has 0 atom stereocenters. The van der Waals surface area contributed by atoms with Gasteiger partial charge in [0.1, 0.15) is 5.69 Å². The Balaban J connectivity index is 1.84. The molecule has 4 rings (SSSR count). The topological polar surface area (TPSA) is 90.0 Å². The molecule has 1 aromatic carbocycles. The van der Waals surface area contributed by atoms with Gasteiger partial charge < -0.3 is 20.1 Å². The molecule has 1 aliphatic carbocycles. The van der Waals surface area contributed by atoms with E-state index in [1.165, 1.54) is 14.2 Å². The number of hydrogen-bond acceptors (Lipinski definition) is 6. The number of hydrogen-bond donors (Lipinski definition) is 1. The van der Waals surface area contributed by atoms with Crippen LogP contribution in [0.4, 0.5) is 14.5 Å². The molecule has 0 unspecified atom stereocenters. The molecule has 2 N–H and O–H groups in total. The van der Waals surface area contributed by atoms with Crippen molar-refractivity contribution in [2.75, 3.05) is 25.7 Å². The van der Waals surface area contributed by atoms with E-state index in [-0.39, 0.29) is 24.0 Å². The van der Waals surface area contributed by atoms with Gasteiger partial charge in [-0.2, -0.15) is 0 Å². The molecule has 0 radical (unpaired) electrons. The van der Waals surface area contributed by atoms with E-state index in [1.807, 2.05) is 13.0 Å². The largest absolute Gasteiger partial charge is 0.493 e.